The summed E-state index contributed by atoms with van der Waals surface area (Å²) in [5, 5.41) is 6.51. The van der Waals surface area contributed by atoms with Crippen LogP contribution in [0.2, 0.25) is 0 Å². The van der Waals surface area contributed by atoms with E-state index in [1.165, 1.54) is 4.90 Å². The van der Waals surface area contributed by atoms with Crippen LogP contribution < -0.4 is 5.32 Å². The number of carbonyl (C=O) groups excluding carboxylic acids is 2. The Balaban J connectivity index is 1.53. The first-order valence-corrected chi connectivity index (χ1v) is 8.63. The van der Waals surface area contributed by atoms with Crippen molar-refractivity contribution in [2.24, 2.45) is 0 Å². The fourth-order valence-corrected chi connectivity index (χ4v) is 2.66. The summed E-state index contributed by atoms with van der Waals surface area (Å²) in [5.41, 5.74) is 3.30. The molecular formula is C21H21N3O3. The Kier molecular flexibility index (Phi) is 5.66. The second kappa shape index (κ2) is 8.31. The van der Waals surface area contributed by atoms with Crippen LogP contribution in [0.15, 0.2) is 65.2 Å². The van der Waals surface area contributed by atoms with E-state index in [4.69, 9.17) is 4.52 Å². The zero-order valence-corrected chi connectivity index (χ0v) is 15.3. The van der Waals surface area contributed by atoms with Gasteiger partial charge in [0.25, 0.3) is 5.91 Å². The number of benzene rings is 2. The number of likely N-dealkylation sites (N-methyl/N-ethyl adjacent to an activating group) is 1. The monoisotopic (exact) mass is 363 g/mol. The molecule has 27 heavy (non-hydrogen) atoms. The number of nitrogens with one attached hydrogen (secondary N) is 1. The summed E-state index contributed by atoms with van der Waals surface area (Å²) >= 11 is 0. The smallest absolute Gasteiger partial charge is 0.251 e. The molecule has 0 aliphatic heterocycles. The molecule has 1 aromatic heterocycles. The molecule has 0 radical (unpaired) electrons. The van der Waals surface area contributed by atoms with Crippen LogP contribution in [0.5, 0.6) is 0 Å². The van der Waals surface area contributed by atoms with E-state index in [0.29, 0.717) is 23.6 Å². The lowest BCUT2D eigenvalue weighted by Gasteiger charge is -2.16. The third-order valence-electron chi connectivity index (χ3n) is 4.16. The third kappa shape index (κ3) is 4.82. The van der Waals surface area contributed by atoms with Crippen molar-refractivity contribution in [2.45, 2.75) is 13.5 Å². The van der Waals surface area contributed by atoms with E-state index in [1.54, 1.807) is 32.2 Å². The normalized spacial score (nSPS) is 10.4. The van der Waals surface area contributed by atoms with Gasteiger partial charge in [-0.15, -0.1) is 0 Å². The highest BCUT2D eigenvalue weighted by Gasteiger charge is 2.13. The first kappa shape index (κ1) is 18.4. The van der Waals surface area contributed by atoms with Crippen LogP contribution in [-0.2, 0) is 11.3 Å². The maximum atomic E-state index is 12.3. The number of aryl methyl sites for hydroxylation is 1. The SMILES string of the molecule is Cc1cc(CN(C)C(=O)CNC(=O)c2ccc(-c3ccccc3)cc2)no1. The van der Waals surface area contributed by atoms with Crippen LogP contribution in [0.4, 0.5) is 0 Å². The van der Waals surface area contributed by atoms with Gasteiger partial charge in [0.2, 0.25) is 5.91 Å². The van der Waals surface area contributed by atoms with Gasteiger partial charge in [0.1, 0.15) is 11.5 Å². The first-order valence-electron chi connectivity index (χ1n) is 8.63. The predicted octanol–water partition coefficient (Wildman–Crippen LogP) is 3.04. The summed E-state index contributed by atoms with van der Waals surface area (Å²) in [7, 11) is 1.66. The molecule has 3 rings (SSSR count). The number of carbonyl (C=O) groups is 2. The van der Waals surface area contributed by atoms with Crippen LogP contribution in [0.25, 0.3) is 11.1 Å². The van der Waals surface area contributed by atoms with Gasteiger partial charge < -0.3 is 14.7 Å². The maximum absolute atomic E-state index is 12.3. The van der Waals surface area contributed by atoms with Crippen LogP contribution in [0, 0.1) is 6.92 Å². The number of hydrogen-bond donors (Lipinski definition) is 1. The van der Waals surface area contributed by atoms with Crippen molar-refractivity contribution >= 4 is 11.8 Å². The van der Waals surface area contributed by atoms with Crippen LogP contribution in [-0.4, -0.2) is 35.5 Å². The van der Waals surface area contributed by atoms with Gasteiger partial charge in [-0.25, -0.2) is 0 Å². The van der Waals surface area contributed by atoms with Gasteiger partial charge in [-0.05, 0) is 30.2 Å². The average molecular weight is 363 g/mol. The molecule has 6 nitrogen and oxygen atoms in total. The summed E-state index contributed by atoms with van der Waals surface area (Å²) < 4.78 is 4.99. The minimum atomic E-state index is -0.284. The summed E-state index contributed by atoms with van der Waals surface area (Å²) in [6.07, 6.45) is 0. The molecule has 0 fully saturated rings. The van der Waals surface area contributed by atoms with Gasteiger partial charge in [-0.1, -0.05) is 47.6 Å². The summed E-state index contributed by atoms with van der Waals surface area (Å²) in [4.78, 5) is 25.9. The Bertz CT molecular complexity index is 917. The van der Waals surface area contributed by atoms with E-state index in [0.717, 1.165) is 11.1 Å². The standard InChI is InChI=1S/C21H21N3O3/c1-15-12-19(23-27-15)14-24(2)20(25)13-22-21(26)18-10-8-17(9-11-18)16-6-4-3-5-7-16/h3-12H,13-14H2,1-2H3,(H,22,26). The Morgan fingerprint density at radius 3 is 2.33 bits per heavy atom. The van der Waals surface area contributed by atoms with E-state index < -0.39 is 0 Å². The number of rotatable bonds is 6. The topological polar surface area (TPSA) is 75.4 Å². The number of hydrogen-bond acceptors (Lipinski definition) is 4. The highest BCUT2D eigenvalue weighted by Crippen LogP contribution is 2.19. The minimum absolute atomic E-state index is 0.0768. The van der Waals surface area contributed by atoms with Gasteiger partial charge in [0.15, 0.2) is 0 Å². The van der Waals surface area contributed by atoms with Crippen molar-refractivity contribution in [1.82, 2.24) is 15.4 Å². The fourth-order valence-electron chi connectivity index (χ4n) is 2.66. The van der Waals surface area contributed by atoms with E-state index in [2.05, 4.69) is 10.5 Å². The Morgan fingerprint density at radius 2 is 1.70 bits per heavy atom. The van der Waals surface area contributed by atoms with Crippen molar-refractivity contribution in [3.05, 3.63) is 77.7 Å². The molecule has 1 heterocycles. The molecule has 0 bridgehead atoms. The minimum Gasteiger partial charge on any atom is -0.361 e. The molecule has 1 N–H and O–H groups in total. The highest BCUT2D eigenvalue weighted by atomic mass is 16.5. The summed E-state index contributed by atoms with van der Waals surface area (Å²) in [5.74, 6) is 0.205. The lowest BCUT2D eigenvalue weighted by atomic mass is 10.0. The van der Waals surface area contributed by atoms with Gasteiger partial charge in [0, 0.05) is 18.7 Å². The van der Waals surface area contributed by atoms with E-state index in [-0.39, 0.29) is 18.4 Å². The zero-order valence-electron chi connectivity index (χ0n) is 15.3. The third-order valence-corrected chi connectivity index (χ3v) is 4.16. The van der Waals surface area contributed by atoms with Gasteiger partial charge in [-0.2, -0.15) is 0 Å². The number of nitrogens with zero attached hydrogens (tertiary/aromatic N) is 2. The van der Waals surface area contributed by atoms with Crippen molar-refractivity contribution in [1.29, 1.82) is 0 Å². The van der Waals surface area contributed by atoms with E-state index in [9.17, 15) is 9.59 Å². The van der Waals surface area contributed by atoms with Crippen molar-refractivity contribution in [3.63, 3.8) is 0 Å². The van der Waals surface area contributed by atoms with Crippen LogP contribution in [0.3, 0.4) is 0 Å². The van der Waals surface area contributed by atoms with Crippen molar-refractivity contribution < 1.29 is 14.1 Å². The molecule has 0 aliphatic carbocycles. The van der Waals surface area contributed by atoms with Gasteiger partial charge in [0.05, 0.1) is 13.1 Å². The van der Waals surface area contributed by atoms with E-state index >= 15 is 0 Å². The van der Waals surface area contributed by atoms with Gasteiger partial charge >= 0.3 is 0 Å². The largest absolute Gasteiger partial charge is 0.361 e. The lowest BCUT2D eigenvalue weighted by molar-refractivity contribution is -0.129. The molecular weight excluding hydrogens is 342 g/mol. The lowest BCUT2D eigenvalue weighted by Crippen LogP contribution is -2.37. The predicted molar refractivity (Wildman–Crippen MR) is 102 cm³/mol. The first-order chi connectivity index (χ1) is 13.0. The molecule has 0 saturated heterocycles. The molecule has 2 amide bonds. The van der Waals surface area contributed by atoms with Crippen molar-refractivity contribution in [3.8, 4) is 11.1 Å². The average Bonchev–Trinajstić information content (AvgIpc) is 3.11. The molecule has 2 aromatic carbocycles. The summed E-state index contributed by atoms with van der Waals surface area (Å²) in [6.45, 7) is 2.05. The molecule has 6 heteroatoms. The molecule has 0 aliphatic rings. The zero-order chi connectivity index (χ0) is 19.2. The quantitative estimate of drug-likeness (QED) is 0.730. The summed E-state index contributed by atoms with van der Waals surface area (Å²) in [6, 6.07) is 19.0. The number of amides is 2. The van der Waals surface area contributed by atoms with Gasteiger partial charge in [-0.3, -0.25) is 9.59 Å². The Labute approximate surface area is 157 Å². The van der Waals surface area contributed by atoms with E-state index in [1.807, 2.05) is 42.5 Å². The maximum Gasteiger partial charge on any atom is 0.251 e. The molecule has 3 aromatic rings. The number of aromatic nitrogens is 1. The van der Waals surface area contributed by atoms with Crippen LogP contribution >= 0.6 is 0 Å². The second-order valence-electron chi connectivity index (χ2n) is 6.30. The van der Waals surface area contributed by atoms with Crippen molar-refractivity contribution in [2.75, 3.05) is 13.6 Å². The second-order valence-corrected chi connectivity index (χ2v) is 6.30. The molecule has 0 atom stereocenters. The Hall–Kier alpha value is -3.41. The molecule has 0 saturated carbocycles. The van der Waals surface area contributed by atoms with Crippen LogP contribution in [0.1, 0.15) is 21.8 Å². The molecule has 0 unspecified atom stereocenters. The fraction of sp³-hybridized carbons (Fsp3) is 0.190. The molecule has 138 valence electrons. The Morgan fingerprint density at radius 1 is 1.04 bits per heavy atom. The highest BCUT2D eigenvalue weighted by molar-refractivity contribution is 5.96. The molecule has 0 spiro atoms.